The van der Waals surface area contributed by atoms with Crippen LogP contribution in [0.15, 0.2) is 59.7 Å². The van der Waals surface area contributed by atoms with Crippen molar-refractivity contribution in [2.24, 2.45) is 0 Å². The molecule has 1 fully saturated rings. The lowest BCUT2D eigenvalue weighted by Gasteiger charge is -2.28. The van der Waals surface area contributed by atoms with Gasteiger partial charge in [-0.3, -0.25) is 9.69 Å². The zero-order chi connectivity index (χ0) is 17.8. The lowest BCUT2D eigenvalue weighted by Crippen LogP contribution is -2.37. The number of piperidine rings is 1. The molecule has 3 rings (SSSR count). The van der Waals surface area contributed by atoms with Gasteiger partial charge in [-0.1, -0.05) is 66.6 Å². The van der Waals surface area contributed by atoms with Crippen molar-refractivity contribution in [3.05, 3.63) is 81.9 Å². The van der Waals surface area contributed by atoms with Crippen molar-refractivity contribution in [1.29, 1.82) is 0 Å². The van der Waals surface area contributed by atoms with Gasteiger partial charge in [0.15, 0.2) is 5.78 Å². The minimum absolute atomic E-state index is 0.174. The number of Topliss-reactive ketones (excluding diaryl/α,β-unsaturated/α-hetero) is 1. The summed E-state index contributed by atoms with van der Waals surface area (Å²) in [7, 11) is 0. The molecule has 2 aromatic rings. The van der Waals surface area contributed by atoms with Gasteiger partial charge in [0.2, 0.25) is 0 Å². The SMILES string of the molecule is CCN1CC(=Cc2cccc(C)c2)C(=O)C(=Cc2cccc(C)c2)C1. The zero-order valence-electron chi connectivity index (χ0n) is 15.3. The zero-order valence-corrected chi connectivity index (χ0v) is 15.3. The van der Waals surface area contributed by atoms with Crippen LogP contribution < -0.4 is 0 Å². The van der Waals surface area contributed by atoms with Crippen LogP contribution in [0.2, 0.25) is 0 Å². The fourth-order valence-corrected chi connectivity index (χ4v) is 3.26. The van der Waals surface area contributed by atoms with E-state index in [9.17, 15) is 4.79 Å². The Labute approximate surface area is 150 Å². The Morgan fingerprint density at radius 3 is 1.76 bits per heavy atom. The standard InChI is InChI=1S/C23H25NO/c1-4-24-15-21(13-19-9-5-7-17(2)11-19)23(25)22(16-24)14-20-10-6-8-18(3)12-20/h5-14H,4,15-16H2,1-3H3. The Kier molecular flexibility index (Phi) is 5.30. The number of ketones is 1. The second-order valence-electron chi connectivity index (χ2n) is 6.80. The molecular weight excluding hydrogens is 306 g/mol. The van der Waals surface area contributed by atoms with E-state index in [4.69, 9.17) is 0 Å². The summed E-state index contributed by atoms with van der Waals surface area (Å²) in [6, 6.07) is 16.6. The number of benzene rings is 2. The molecule has 0 radical (unpaired) electrons. The van der Waals surface area contributed by atoms with Crippen LogP contribution in [0.5, 0.6) is 0 Å². The van der Waals surface area contributed by atoms with E-state index in [0.29, 0.717) is 13.1 Å². The van der Waals surface area contributed by atoms with Gasteiger partial charge in [0.1, 0.15) is 0 Å². The molecule has 2 aromatic carbocycles. The van der Waals surface area contributed by atoms with E-state index < -0.39 is 0 Å². The maximum absolute atomic E-state index is 13.0. The van der Waals surface area contributed by atoms with Crippen LogP contribution in [-0.4, -0.2) is 30.3 Å². The van der Waals surface area contributed by atoms with Crippen molar-refractivity contribution >= 4 is 17.9 Å². The van der Waals surface area contributed by atoms with Gasteiger partial charge in [0, 0.05) is 24.2 Å². The second-order valence-corrected chi connectivity index (χ2v) is 6.80. The number of nitrogens with zero attached hydrogens (tertiary/aromatic N) is 1. The molecule has 0 spiro atoms. The van der Waals surface area contributed by atoms with Gasteiger partial charge in [-0.2, -0.15) is 0 Å². The molecule has 0 aromatic heterocycles. The number of rotatable bonds is 3. The van der Waals surface area contributed by atoms with Gasteiger partial charge in [-0.15, -0.1) is 0 Å². The maximum atomic E-state index is 13.0. The highest BCUT2D eigenvalue weighted by atomic mass is 16.1. The Bertz CT molecular complexity index is 777. The lowest BCUT2D eigenvalue weighted by molar-refractivity contribution is -0.113. The number of aryl methyl sites for hydroxylation is 2. The van der Waals surface area contributed by atoms with Gasteiger partial charge in [-0.25, -0.2) is 0 Å². The molecule has 1 heterocycles. The van der Waals surface area contributed by atoms with Gasteiger partial charge in [0.05, 0.1) is 0 Å². The highest BCUT2D eigenvalue weighted by Gasteiger charge is 2.25. The monoisotopic (exact) mass is 331 g/mol. The molecule has 2 nitrogen and oxygen atoms in total. The van der Waals surface area contributed by atoms with Crippen molar-refractivity contribution in [1.82, 2.24) is 4.90 Å². The Morgan fingerprint density at radius 1 is 0.880 bits per heavy atom. The summed E-state index contributed by atoms with van der Waals surface area (Å²) in [6.07, 6.45) is 4.09. The van der Waals surface area contributed by atoms with Gasteiger partial charge >= 0.3 is 0 Å². The van der Waals surface area contributed by atoms with Crippen LogP contribution >= 0.6 is 0 Å². The van der Waals surface area contributed by atoms with Crippen LogP contribution in [0, 0.1) is 13.8 Å². The number of carbonyl (C=O) groups excluding carboxylic acids is 1. The lowest BCUT2D eigenvalue weighted by atomic mass is 9.94. The molecule has 0 amide bonds. The van der Waals surface area contributed by atoms with Crippen LogP contribution in [-0.2, 0) is 4.79 Å². The molecule has 0 bridgehead atoms. The molecule has 0 atom stereocenters. The van der Waals surface area contributed by atoms with E-state index in [2.05, 4.69) is 62.1 Å². The molecule has 2 heteroatoms. The smallest absolute Gasteiger partial charge is 0.187 e. The van der Waals surface area contributed by atoms with E-state index in [1.165, 1.54) is 11.1 Å². The molecule has 1 saturated heterocycles. The van der Waals surface area contributed by atoms with Crippen LogP contribution in [0.1, 0.15) is 29.2 Å². The molecule has 128 valence electrons. The molecule has 1 aliphatic heterocycles. The predicted molar refractivity (Wildman–Crippen MR) is 105 cm³/mol. The summed E-state index contributed by atoms with van der Waals surface area (Å²) in [5.41, 5.74) is 6.35. The van der Waals surface area contributed by atoms with Crippen LogP contribution in [0.25, 0.3) is 12.2 Å². The van der Waals surface area contributed by atoms with Gasteiger partial charge in [0.25, 0.3) is 0 Å². The minimum atomic E-state index is 0.174. The normalized spacial score (nSPS) is 18.9. The summed E-state index contributed by atoms with van der Waals surface area (Å²) in [5.74, 6) is 0.174. The molecule has 25 heavy (non-hydrogen) atoms. The highest BCUT2D eigenvalue weighted by Crippen LogP contribution is 2.22. The van der Waals surface area contributed by atoms with E-state index in [1.54, 1.807) is 0 Å². The third kappa shape index (κ3) is 4.34. The summed E-state index contributed by atoms with van der Waals surface area (Å²) in [6.45, 7) is 8.66. The van der Waals surface area contributed by atoms with E-state index in [-0.39, 0.29) is 5.78 Å². The first-order valence-electron chi connectivity index (χ1n) is 8.86. The third-order valence-corrected chi connectivity index (χ3v) is 4.58. The van der Waals surface area contributed by atoms with Crippen molar-refractivity contribution in [2.45, 2.75) is 20.8 Å². The molecule has 0 unspecified atom stereocenters. The van der Waals surface area contributed by atoms with Gasteiger partial charge in [-0.05, 0) is 43.7 Å². The minimum Gasteiger partial charge on any atom is -0.295 e. The van der Waals surface area contributed by atoms with E-state index in [1.807, 2.05) is 24.3 Å². The van der Waals surface area contributed by atoms with Crippen LogP contribution in [0.3, 0.4) is 0 Å². The summed E-state index contributed by atoms with van der Waals surface area (Å²) >= 11 is 0. The number of carbonyl (C=O) groups is 1. The number of likely N-dealkylation sites (tertiary alicyclic amines) is 1. The molecule has 0 N–H and O–H groups in total. The Morgan fingerprint density at radius 2 is 1.36 bits per heavy atom. The Hall–Kier alpha value is -2.45. The largest absolute Gasteiger partial charge is 0.295 e. The second kappa shape index (κ2) is 7.62. The first kappa shape index (κ1) is 17.4. The van der Waals surface area contributed by atoms with Crippen LogP contribution in [0.4, 0.5) is 0 Å². The molecule has 0 aliphatic carbocycles. The topological polar surface area (TPSA) is 20.3 Å². The average molecular weight is 331 g/mol. The number of hydrogen-bond donors (Lipinski definition) is 0. The highest BCUT2D eigenvalue weighted by molar-refractivity contribution is 6.14. The molecule has 1 aliphatic rings. The van der Waals surface area contributed by atoms with E-state index >= 15 is 0 Å². The first-order chi connectivity index (χ1) is 12.0. The summed E-state index contributed by atoms with van der Waals surface area (Å²) in [5, 5.41) is 0. The maximum Gasteiger partial charge on any atom is 0.187 e. The van der Waals surface area contributed by atoms with Gasteiger partial charge < -0.3 is 0 Å². The molecule has 0 saturated carbocycles. The van der Waals surface area contributed by atoms with Crippen molar-refractivity contribution in [3.8, 4) is 0 Å². The summed E-state index contributed by atoms with van der Waals surface area (Å²) in [4.78, 5) is 15.3. The quantitative estimate of drug-likeness (QED) is 0.762. The predicted octanol–water partition coefficient (Wildman–Crippen LogP) is 4.68. The van der Waals surface area contributed by atoms with E-state index in [0.717, 1.165) is 28.8 Å². The summed E-state index contributed by atoms with van der Waals surface area (Å²) < 4.78 is 0. The molecular formula is C23H25NO. The first-order valence-corrected chi connectivity index (χ1v) is 8.86. The Balaban J connectivity index is 1.96. The third-order valence-electron chi connectivity index (χ3n) is 4.58. The fourth-order valence-electron chi connectivity index (χ4n) is 3.26. The van der Waals surface area contributed by atoms with Crippen molar-refractivity contribution < 1.29 is 4.79 Å². The fraction of sp³-hybridized carbons (Fsp3) is 0.261. The average Bonchev–Trinajstić information content (AvgIpc) is 2.58. The van der Waals surface area contributed by atoms with Crippen molar-refractivity contribution in [2.75, 3.05) is 19.6 Å². The number of hydrogen-bond acceptors (Lipinski definition) is 2. The number of likely N-dealkylation sites (N-methyl/N-ethyl adjacent to an activating group) is 1. The van der Waals surface area contributed by atoms with Crippen molar-refractivity contribution in [3.63, 3.8) is 0 Å².